The Morgan fingerprint density at radius 3 is 2.55 bits per heavy atom. The highest BCUT2D eigenvalue weighted by Crippen LogP contribution is 2.22. The monoisotopic (exact) mass is 271 g/mol. The number of anilines is 1. The van der Waals surface area contributed by atoms with Crippen LogP contribution in [-0.4, -0.2) is 18.2 Å². The summed E-state index contributed by atoms with van der Waals surface area (Å²) in [6, 6.07) is 13.6. The van der Waals surface area contributed by atoms with Crippen molar-refractivity contribution in [2.75, 3.05) is 12.5 Å². The molecule has 0 atom stereocenters. The van der Waals surface area contributed by atoms with Crippen molar-refractivity contribution in [2.24, 2.45) is 5.10 Å². The van der Waals surface area contributed by atoms with Crippen molar-refractivity contribution in [3.05, 3.63) is 64.2 Å². The Hall–Kier alpha value is -2.89. The van der Waals surface area contributed by atoms with Crippen LogP contribution in [0.3, 0.4) is 0 Å². The van der Waals surface area contributed by atoms with Crippen LogP contribution in [0.2, 0.25) is 0 Å². The molecule has 0 fully saturated rings. The topological polar surface area (TPSA) is 76.8 Å². The van der Waals surface area contributed by atoms with Crippen molar-refractivity contribution >= 4 is 17.6 Å². The Labute approximate surface area is 115 Å². The van der Waals surface area contributed by atoms with Gasteiger partial charge in [0.25, 0.3) is 5.69 Å². The number of hydrogen-bond acceptors (Lipinski definition) is 5. The van der Waals surface area contributed by atoms with E-state index in [0.29, 0.717) is 5.69 Å². The largest absolute Gasteiger partial charge is 0.497 e. The number of benzene rings is 2. The van der Waals surface area contributed by atoms with Gasteiger partial charge in [-0.15, -0.1) is 0 Å². The van der Waals surface area contributed by atoms with Gasteiger partial charge < -0.3 is 4.74 Å². The van der Waals surface area contributed by atoms with E-state index < -0.39 is 4.92 Å². The molecule has 0 aliphatic rings. The SMILES string of the molecule is COc1ccc(C=NNc2ccccc2[N+](=O)[O-])cc1. The zero-order valence-corrected chi connectivity index (χ0v) is 10.8. The van der Waals surface area contributed by atoms with E-state index in [4.69, 9.17) is 4.74 Å². The molecule has 0 amide bonds. The van der Waals surface area contributed by atoms with Crippen LogP contribution in [0.5, 0.6) is 5.75 Å². The van der Waals surface area contributed by atoms with Gasteiger partial charge in [0, 0.05) is 6.07 Å². The minimum absolute atomic E-state index is 0.0145. The smallest absolute Gasteiger partial charge is 0.294 e. The molecule has 0 heterocycles. The summed E-state index contributed by atoms with van der Waals surface area (Å²) < 4.78 is 5.05. The van der Waals surface area contributed by atoms with Crippen molar-refractivity contribution < 1.29 is 9.66 Å². The maximum Gasteiger partial charge on any atom is 0.294 e. The minimum atomic E-state index is -0.453. The first-order valence-corrected chi connectivity index (χ1v) is 5.87. The van der Waals surface area contributed by atoms with Gasteiger partial charge in [-0.2, -0.15) is 5.10 Å². The van der Waals surface area contributed by atoms with Gasteiger partial charge in [0.05, 0.1) is 18.2 Å². The molecule has 0 bridgehead atoms. The highest BCUT2D eigenvalue weighted by atomic mass is 16.6. The molecular formula is C14H13N3O3. The lowest BCUT2D eigenvalue weighted by Crippen LogP contribution is -1.96. The molecule has 2 rings (SSSR count). The maximum atomic E-state index is 10.8. The number of methoxy groups -OCH3 is 1. The first-order chi connectivity index (χ1) is 9.70. The lowest BCUT2D eigenvalue weighted by atomic mass is 10.2. The zero-order chi connectivity index (χ0) is 14.4. The van der Waals surface area contributed by atoms with Gasteiger partial charge in [-0.3, -0.25) is 15.5 Å². The number of rotatable bonds is 5. The van der Waals surface area contributed by atoms with Crippen LogP contribution >= 0.6 is 0 Å². The number of hydrazone groups is 1. The van der Waals surface area contributed by atoms with Gasteiger partial charge in [-0.1, -0.05) is 12.1 Å². The van der Waals surface area contributed by atoms with Gasteiger partial charge in [0.2, 0.25) is 0 Å². The fourth-order valence-electron chi connectivity index (χ4n) is 1.59. The molecular weight excluding hydrogens is 258 g/mol. The van der Waals surface area contributed by atoms with E-state index in [1.165, 1.54) is 6.07 Å². The van der Waals surface area contributed by atoms with Gasteiger partial charge in [-0.05, 0) is 35.9 Å². The Morgan fingerprint density at radius 2 is 1.90 bits per heavy atom. The van der Waals surface area contributed by atoms with Crippen LogP contribution in [0.15, 0.2) is 53.6 Å². The third-order valence-electron chi connectivity index (χ3n) is 2.62. The van der Waals surface area contributed by atoms with Crippen LogP contribution in [0.1, 0.15) is 5.56 Å². The van der Waals surface area contributed by atoms with Crippen LogP contribution in [0.25, 0.3) is 0 Å². The molecule has 0 saturated carbocycles. The number of nitro groups is 1. The summed E-state index contributed by atoms with van der Waals surface area (Å²) in [5.74, 6) is 0.758. The van der Waals surface area contributed by atoms with Crippen LogP contribution in [0, 0.1) is 10.1 Å². The summed E-state index contributed by atoms with van der Waals surface area (Å²) in [6.07, 6.45) is 1.58. The average Bonchev–Trinajstić information content (AvgIpc) is 2.48. The fraction of sp³-hybridized carbons (Fsp3) is 0.0714. The van der Waals surface area contributed by atoms with Crippen molar-refractivity contribution in [1.82, 2.24) is 0 Å². The van der Waals surface area contributed by atoms with E-state index in [1.807, 2.05) is 24.3 Å². The molecule has 6 heteroatoms. The van der Waals surface area contributed by atoms with Gasteiger partial charge in [-0.25, -0.2) is 0 Å². The molecule has 0 unspecified atom stereocenters. The first kappa shape index (κ1) is 13.5. The minimum Gasteiger partial charge on any atom is -0.497 e. The number of nitro benzene ring substituents is 1. The second-order valence-corrected chi connectivity index (χ2v) is 3.92. The Kier molecular flexibility index (Phi) is 4.28. The zero-order valence-electron chi connectivity index (χ0n) is 10.8. The van der Waals surface area contributed by atoms with Crippen LogP contribution < -0.4 is 10.2 Å². The van der Waals surface area contributed by atoms with Gasteiger partial charge in [0.15, 0.2) is 0 Å². The molecule has 20 heavy (non-hydrogen) atoms. The molecule has 0 saturated heterocycles. The molecule has 0 aliphatic heterocycles. The lowest BCUT2D eigenvalue weighted by molar-refractivity contribution is -0.384. The third-order valence-corrected chi connectivity index (χ3v) is 2.62. The summed E-state index contributed by atoms with van der Waals surface area (Å²) in [6.45, 7) is 0. The normalized spacial score (nSPS) is 10.4. The summed E-state index contributed by atoms with van der Waals surface area (Å²) in [5, 5.41) is 14.8. The van der Waals surface area contributed by atoms with Crippen molar-refractivity contribution in [1.29, 1.82) is 0 Å². The summed E-state index contributed by atoms with van der Waals surface area (Å²) in [4.78, 5) is 10.4. The number of nitrogens with one attached hydrogen (secondary N) is 1. The van der Waals surface area contributed by atoms with E-state index in [0.717, 1.165) is 11.3 Å². The van der Waals surface area contributed by atoms with Crippen molar-refractivity contribution in [3.8, 4) is 5.75 Å². The quantitative estimate of drug-likeness (QED) is 0.515. The van der Waals surface area contributed by atoms with E-state index in [-0.39, 0.29) is 5.69 Å². The molecule has 102 valence electrons. The maximum absolute atomic E-state index is 10.8. The molecule has 0 aromatic heterocycles. The summed E-state index contributed by atoms with van der Waals surface area (Å²) in [5.41, 5.74) is 3.86. The molecule has 2 aromatic rings. The molecule has 0 spiro atoms. The van der Waals surface area contributed by atoms with E-state index in [9.17, 15) is 10.1 Å². The van der Waals surface area contributed by atoms with Crippen LogP contribution in [0.4, 0.5) is 11.4 Å². The van der Waals surface area contributed by atoms with Gasteiger partial charge in [0.1, 0.15) is 11.4 Å². The summed E-state index contributed by atoms with van der Waals surface area (Å²) in [7, 11) is 1.60. The molecule has 0 aliphatic carbocycles. The third kappa shape index (κ3) is 3.32. The fourth-order valence-corrected chi connectivity index (χ4v) is 1.59. The number of nitrogens with zero attached hydrogens (tertiary/aromatic N) is 2. The number of ether oxygens (including phenoxy) is 1. The number of para-hydroxylation sites is 2. The molecule has 1 N–H and O–H groups in total. The van der Waals surface area contributed by atoms with E-state index >= 15 is 0 Å². The molecule has 2 aromatic carbocycles. The van der Waals surface area contributed by atoms with E-state index in [1.54, 1.807) is 31.5 Å². The lowest BCUT2D eigenvalue weighted by Gasteiger charge is -2.01. The number of hydrogen-bond donors (Lipinski definition) is 1. The Bertz CT molecular complexity index is 624. The van der Waals surface area contributed by atoms with Crippen LogP contribution in [-0.2, 0) is 0 Å². The predicted molar refractivity (Wildman–Crippen MR) is 77.3 cm³/mol. The Morgan fingerprint density at radius 1 is 1.20 bits per heavy atom. The highest BCUT2D eigenvalue weighted by Gasteiger charge is 2.10. The Balaban J connectivity index is 2.08. The van der Waals surface area contributed by atoms with Crippen molar-refractivity contribution in [2.45, 2.75) is 0 Å². The van der Waals surface area contributed by atoms with E-state index in [2.05, 4.69) is 10.5 Å². The van der Waals surface area contributed by atoms with Crippen molar-refractivity contribution in [3.63, 3.8) is 0 Å². The molecule has 6 nitrogen and oxygen atoms in total. The second kappa shape index (κ2) is 6.33. The second-order valence-electron chi connectivity index (χ2n) is 3.92. The predicted octanol–water partition coefficient (Wildman–Crippen LogP) is 3.05. The average molecular weight is 271 g/mol. The van der Waals surface area contributed by atoms with Gasteiger partial charge >= 0.3 is 0 Å². The summed E-state index contributed by atoms with van der Waals surface area (Å²) >= 11 is 0. The first-order valence-electron chi connectivity index (χ1n) is 5.87. The molecule has 0 radical (unpaired) electrons. The standard InChI is InChI=1S/C14H13N3O3/c1-20-12-8-6-11(7-9-12)10-15-16-13-4-2-3-5-14(13)17(18)19/h2-10,16H,1H3. The highest BCUT2D eigenvalue weighted by molar-refractivity contribution is 5.80.